The number of hydrogen-bond acceptors (Lipinski definition) is 3. The van der Waals surface area contributed by atoms with Crippen LogP contribution in [0.4, 0.5) is 13.2 Å². The molecule has 2 rings (SSSR count). The maximum absolute atomic E-state index is 12.9. The number of aliphatic hydroxyl groups is 1. The van der Waals surface area contributed by atoms with Gasteiger partial charge < -0.3 is 15.1 Å². The van der Waals surface area contributed by atoms with Crippen molar-refractivity contribution < 1.29 is 33.0 Å². The first-order valence-corrected chi connectivity index (χ1v) is 7.02. The Labute approximate surface area is 130 Å². The molecule has 2 N–H and O–H groups in total. The quantitative estimate of drug-likeness (QED) is 0.883. The predicted octanol–water partition coefficient (Wildman–Crippen LogP) is 1.69. The second kappa shape index (κ2) is 6.19. The van der Waals surface area contributed by atoms with Crippen LogP contribution >= 0.6 is 0 Å². The van der Waals surface area contributed by atoms with Gasteiger partial charge in [0.05, 0.1) is 12.0 Å². The summed E-state index contributed by atoms with van der Waals surface area (Å²) in [7, 11) is 0. The summed E-state index contributed by atoms with van der Waals surface area (Å²) in [6.45, 7) is -0.00830. The van der Waals surface area contributed by atoms with Gasteiger partial charge in [-0.2, -0.15) is 13.2 Å². The summed E-state index contributed by atoms with van der Waals surface area (Å²) in [6.07, 6.45) is -5.24. The molecule has 23 heavy (non-hydrogen) atoms. The number of carbonyl (C=O) groups excluding carboxylic acids is 1. The summed E-state index contributed by atoms with van der Waals surface area (Å²) in [4.78, 5) is 24.4. The van der Waals surface area contributed by atoms with E-state index in [0.717, 1.165) is 6.07 Å². The van der Waals surface area contributed by atoms with Gasteiger partial charge in [-0.15, -0.1) is 0 Å². The van der Waals surface area contributed by atoms with Crippen molar-refractivity contribution >= 4 is 11.9 Å². The van der Waals surface area contributed by atoms with E-state index in [-0.39, 0.29) is 31.5 Å². The molecule has 1 aliphatic heterocycles. The third-order valence-corrected chi connectivity index (χ3v) is 4.01. The summed E-state index contributed by atoms with van der Waals surface area (Å²) in [5, 5.41) is 18.7. The largest absolute Gasteiger partial charge is 0.479 e. The van der Waals surface area contributed by atoms with E-state index in [1.807, 2.05) is 0 Å². The first kappa shape index (κ1) is 17.3. The Hall–Kier alpha value is -2.09. The number of halogens is 3. The molecule has 0 spiro atoms. The number of hydrogen-bond donors (Lipinski definition) is 2. The monoisotopic (exact) mass is 331 g/mol. The van der Waals surface area contributed by atoms with Crippen LogP contribution in [0.3, 0.4) is 0 Å². The van der Waals surface area contributed by atoms with Gasteiger partial charge in [-0.1, -0.05) is 18.2 Å². The number of benzene rings is 1. The molecule has 1 aromatic rings. The molecule has 1 aliphatic rings. The Balaban J connectivity index is 2.06. The predicted molar refractivity (Wildman–Crippen MR) is 73.5 cm³/mol. The third kappa shape index (κ3) is 3.82. The highest BCUT2D eigenvalue weighted by Crippen LogP contribution is 2.32. The molecule has 0 radical (unpaired) electrons. The number of likely N-dealkylation sites (tertiary alicyclic amines) is 1. The minimum atomic E-state index is -4.54. The van der Waals surface area contributed by atoms with E-state index in [1.165, 1.54) is 23.1 Å². The van der Waals surface area contributed by atoms with Crippen LogP contribution in [0.1, 0.15) is 24.0 Å². The number of aliphatic carboxylic acids is 1. The maximum Gasteiger partial charge on any atom is 0.416 e. The van der Waals surface area contributed by atoms with Crippen molar-refractivity contribution in [1.29, 1.82) is 0 Å². The highest BCUT2D eigenvalue weighted by molar-refractivity contribution is 5.81. The van der Waals surface area contributed by atoms with Crippen molar-refractivity contribution in [1.82, 2.24) is 4.90 Å². The Morgan fingerprint density at radius 2 is 1.74 bits per heavy atom. The van der Waals surface area contributed by atoms with E-state index in [9.17, 15) is 27.9 Å². The molecule has 1 amide bonds. The van der Waals surface area contributed by atoms with E-state index in [1.54, 1.807) is 0 Å². The Bertz CT molecular complexity index is 607. The van der Waals surface area contributed by atoms with E-state index in [0.29, 0.717) is 0 Å². The smallest absolute Gasteiger partial charge is 0.416 e. The van der Waals surface area contributed by atoms with Crippen molar-refractivity contribution in [3.63, 3.8) is 0 Å². The number of nitrogens with zero attached hydrogens (tertiary/aromatic N) is 1. The van der Waals surface area contributed by atoms with Crippen LogP contribution in [0.25, 0.3) is 0 Å². The van der Waals surface area contributed by atoms with Crippen molar-refractivity contribution in [2.45, 2.75) is 31.0 Å². The average molecular weight is 331 g/mol. The molecule has 0 saturated carbocycles. The number of rotatable bonds is 3. The average Bonchev–Trinajstić information content (AvgIpc) is 2.47. The number of carboxylic acids is 1. The highest BCUT2D eigenvalue weighted by Gasteiger charge is 2.40. The highest BCUT2D eigenvalue weighted by atomic mass is 19.4. The van der Waals surface area contributed by atoms with Crippen molar-refractivity contribution in [2.75, 3.05) is 13.1 Å². The molecular weight excluding hydrogens is 315 g/mol. The Morgan fingerprint density at radius 3 is 2.26 bits per heavy atom. The number of carboxylic acid groups (broad SMARTS) is 1. The lowest BCUT2D eigenvalue weighted by molar-refractivity contribution is -0.165. The minimum absolute atomic E-state index is 0.00415. The van der Waals surface area contributed by atoms with Crippen molar-refractivity contribution in [3.05, 3.63) is 35.4 Å². The fourth-order valence-electron chi connectivity index (χ4n) is 2.57. The second-order valence-electron chi connectivity index (χ2n) is 5.55. The number of piperidine rings is 1. The summed E-state index contributed by atoms with van der Waals surface area (Å²) < 4.78 is 38.7. The van der Waals surface area contributed by atoms with Crippen LogP contribution in [-0.4, -0.2) is 45.7 Å². The normalized spacial score (nSPS) is 17.8. The Morgan fingerprint density at radius 1 is 1.17 bits per heavy atom. The molecule has 0 aliphatic carbocycles. The van der Waals surface area contributed by atoms with Crippen molar-refractivity contribution in [3.8, 4) is 0 Å². The number of carbonyl (C=O) groups is 2. The fraction of sp³-hybridized carbons (Fsp3) is 0.467. The van der Waals surface area contributed by atoms with Crippen molar-refractivity contribution in [2.24, 2.45) is 0 Å². The molecule has 126 valence electrons. The Kier molecular flexibility index (Phi) is 4.65. The molecule has 0 aromatic heterocycles. The van der Waals surface area contributed by atoms with Gasteiger partial charge in [0.25, 0.3) is 0 Å². The summed E-state index contributed by atoms with van der Waals surface area (Å²) in [6, 6.07) is 4.85. The van der Waals surface area contributed by atoms with Gasteiger partial charge in [-0.3, -0.25) is 4.79 Å². The standard InChI is InChI=1S/C15H16F3NO4/c16-15(17,18)11-4-2-1-3-10(11)9-12(20)19-7-5-14(23,6-8-19)13(21)22/h1-4,23H,5-9H2,(H,21,22). The van der Waals surface area contributed by atoms with Gasteiger partial charge in [0.15, 0.2) is 5.60 Å². The van der Waals surface area contributed by atoms with E-state index < -0.39 is 35.6 Å². The second-order valence-corrected chi connectivity index (χ2v) is 5.55. The lowest BCUT2D eigenvalue weighted by Crippen LogP contribution is -2.51. The van der Waals surface area contributed by atoms with Gasteiger partial charge in [0.2, 0.25) is 5.91 Å². The molecule has 0 atom stereocenters. The van der Waals surface area contributed by atoms with Gasteiger partial charge >= 0.3 is 12.1 Å². The maximum atomic E-state index is 12.9. The van der Waals surface area contributed by atoms with Gasteiger partial charge in [0, 0.05) is 25.9 Å². The summed E-state index contributed by atoms with van der Waals surface area (Å²) in [5.41, 5.74) is -2.85. The molecule has 8 heteroatoms. The molecular formula is C15H16F3NO4. The van der Waals surface area contributed by atoms with Gasteiger partial charge in [0.1, 0.15) is 0 Å². The first-order chi connectivity index (χ1) is 10.6. The molecule has 1 saturated heterocycles. The number of amides is 1. The molecule has 5 nitrogen and oxygen atoms in total. The van der Waals surface area contributed by atoms with Crippen LogP contribution in [0.5, 0.6) is 0 Å². The topological polar surface area (TPSA) is 77.8 Å². The van der Waals surface area contributed by atoms with Crippen LogP contribution in [0, 0.1) is 0 Å². The van der Waals surface area contributed by atoms with Crippen LogP contribution in [0.15, 0.2) is 24.3 Å². The zero-order valence-electron chi connectivity index (χ0n) is 12.1. The zero-order chi connectivity index (χ0) is 17.3. The minimum Gasteiger partial charge on any atom is -0.479 e. The lowest BCUT2D eigenvalue weighted by Gasteiger charge is -2.35. The van der Waals surface area contributed by atoms with Crippen LogP contribution in [0.2, 0.25) is 0 Å². The van der Waals surface area contributed by atoms with E-state index in [2.05, 4.69) is 0 Å². The number of alkyl halides is 3. The zero-order valence-corrected chi connectivity index (χ0v) is 12.1. The molecule has 1 aromatic carbocycles. The van der Waals surface area contributed by atoms with Gasteiger partial charge in [-0.05, 0) is 11.6 Å². The third-order valence-electron chi connectivity index (χ3n) is 4.01. The van der Waals surface area contributed by atoms with Crippen LogP contribution in [-0.2, 0) is 22.2 Å². The fourth-order valence-corrected chi connectivity index (χ4v) is 2.57. The van der Waals surface area contributed by atoms with Gasteiger partial charge in [-0.25, -0.2) is 4.79 Å². The lowest BCUT2D eigenvalue weighted by atomic mass is 9.91. The SMILES string of the molecule is O=C(Cc1ccccc1C(F)(F)F)N1CCC(O)(C(=O)O)CC1. The first-order valence-electron chi connectivity index (χ1n) is 7.02. The van der Waals surface area contributed by atoms with E-state index in [4.69, 9.17) is 5.11 Å². The summed E-state index contributed by atoms with van der Waals surface area (Å²) >= 11 is 0. The summed E-state index contributed by atoms with van der Waals surface area (Å²) in [5.74, 6) is -1.87. The molecule has 1 heterocycles. The van der Waals surface area contributed by atoms with Crippen LogP contribution < -0.4 is 0 Å². The molecule has 1 fully saturated rings. The molecule has 0 bridgehead atoms. The molecule has 0 unspecified atom stereocenters. The van der Waals surface area contributed by atoms with E-state index >= 15 is 0 Å².